The molecule has 32 heavy (non-hydrogen) atoms. The number of carboxylic acids is 2. The fraction of sp³-hybridized carbons (Fsp3) is 0.722. The average molecular weight is 496 g/mol. The number of thioether (sulfide) groups is 1. The lowest BCUT2D eigenvalue weighted by Gasteiger charge is -2.24. The number of carbonyl (C=O) groups excluding carboxylic acids is 3. The summed E-state index contributed by atoms with van der Waals surface area (Å²) in [5.74, 6) is -4.51. The summed E-state index contributed by atoms with van der Waals surface area (Å²) >= 11 is 5.29. The number of hydrogen-bond acceptors (Lipinski definition) is 9. The van der Waals surface area contributed by atoms with Crippen LogP contribution in [-0.2, 0) is 24.0 Å². The molecule has 12 nitrogen and oxygen atoms in total. The first-order valence-electron chi connectivity index (χ1n) is 9.98. The molecule has 0 fully saturated rings. The summed E-state index contributed by atoms with van der Waals surface area (Å²) in [6.07, 6.45) is 2.48. The fourth-order valence-electron chi connectivity index (χ4n) is 2.54. The molecule has 0 aromatic rings. The van der Waals surface area contributed by atoms with Gasteiger partial charge in [-0.25, -0.2) is 4.79 Å². The molecule has 0 bridgehead atoms. The van der Waals surface area contributed by atoms with E-state index in [-0.39, 0.29) is 18.6 Å². The first kappa shape index (κ1) is 30.0. The van der Waals surface area contributed by atoms with Crippen molar-refractivity contribution in [2.45, 2.75) is 56.3 Å². The molecule has 0 saturated heterocycles. The molecule has 0 aromatic carbocycles. The molecule has 0 radical (unpaired) electrons. The Morgan fingerprint density at radius 3 is 1.97 bits per heavy atom. The van der Waals surface area contributed by atoms with E-state index < -0.39 is 60.2 Å². The second-order valence-electron chi connectivity index (χ2n) is 6.97. The van der Waals surface area contributed by atoms with Gasteiger partial charge in [0.2, 0.25) is 17.7 Å². The Morgan fingerprint density at radius 2 is 1.47 bits per heavy atom. The largest absolute Gasteiger partial charge is 0.481 e. The minimum absolute atomic E-state index is 0.0211. The number of unbranched alkanes of at least 4 members (excludes halogenated alkanes) is 1. The van der Waals surface area contributed by atoms with E-state index in [0.29, 0.717) is 25.1 Å². The van der Waals surface area contributed by atoms with E-state index >= 15 is 0 Å². The SMILES string of the molecule is CSCCC(NC(=O)C(CC(=O)O)NC(=O)C(N)CS)C(=O)NC(CCCCN)C(=O)O. The van der Waals surface area contributed by atoms with E-state index in [2.05, 4.69) is 28.6 Å². The van der Waals surface area contributed by atoms with Crippen LogP contribution in [0.1, 0.15) is 32.1 Å². The molecular weight excluding hydrogens is 462 g/mol. The van der Waals surface area contributed by atoms with Crippen LogP contribution in [0.3, 0.4) is 0 Å². The smallest absolute Gasteiger partial charge is 0.326 e. The number of carboxylic acid groups (broad SMARTS) is 2. The maximum Gasteiger partial charge on any atom is 0.326 e. The highest BCUT2D eigenvalue weighted by Crippen LogP contribution is 2.06. The van der Waals surface area contributed by atoms with Crippen LogP contribution in [0.15, 0.2) is 0 Å². The Bertz CT molecular complexity index is 653. The molecule has 0 rings (SSSR count). The Hall–Kier alpha value is -2.03. The predicted octanol–water partition coefficient (Wildman–Crippen LogP) is -1.86. The molecule has 9 N–H and O–H groups in total. The summed E-state index contributed by atoms with van der Waals surface area (Å²) in [5, 5.41) is 25.5. The second-order valence-corrected chi connectivity index (χ2v) is 8.33. The third-order valence-electron chi connectivity index (χ3n) is 4.35. The highest BCUT2D eigenvalue weighted by molar-refractivity contribution is 7.98. The van der Waals surface area contributed by atoms with Crippen molar-refractivity contribution in [1.82, 2.24) is 16.0 Å². The van der Waals surface area contributed by atoms with Crippen LogP contribution < -0.4 is 27.4 Å². The van der Waals surface area contributed by atoms with E-state index in [1.807, 2.05) is 0 Å². The monoisotopic (exact) mass is 495 g/mol. The van der Waals surface area contributed by atoms with E-state index in [9.17, 15) is 29.1 Å². The number of thiol groups is 1. The number of aliphatic carboxylic acids is 2. The number of amides is 3. The highest BCUT2D eigenvalue weighted by Gasteiger charge is 2.31. The van der Waals surface area contributed by atoms with Gasteiger partial charge in [0.05, 0.1) is 12.5 Å². The number of nitrogens with one attached hydrogen (secondary N) is 3. The van der Waals surface area contributed by atoms with E-state index in [0.717, 1.165) is 0 Å². The molecule has 4 unspecified atom stereocenters. The van der Waals surface area contributed by atoms with Crippen molar-refractivity contribution >= 4 is 54.1 Å². The molecular formula is C18H33N5O7S2. The summed E-state index contributed by atoms with van der Waals surface area (Å²) in [6, 6.07) is -4.82. The molecule has 184 valence electrons. The van der Waals surface area contributed by atoms with Gasteiger partial charge >= 0.3 is 11.9 Å². The van der Waals surface area contributed by atoms with Gasteiger partial charge in [-0.05, 0) is 44.2 Å². The van der Waals surface area contributed by atoms with Crippen LogP contribution in [0.4, 0.5) is 0 Å². The van der Waals surface area contributed by atoms with Crippen molar-refractivity contribution < 1.29 is 34.2 Å². The van der Waals surface area contributed by atoms with Crippen molar-refractivity contribution in [3.05, 3.63) is 0 Å². The molecule has 0 heterocycles. The average Bonchev–Trinajstić information content (AvgIpc) is 2.73. The third-order valence-corrected chi connectivity index (χ3v) is 5.39. The van der Waals surface area contributed by atoms with Gasteiger partial charge in [-0.1, -0.05) is 0 Å². The number of hydrogen-bond donors (Lipinski definition) is 8. The van der Waals surface area contributed by atoms with Gasteiger partial charge < -0.3 is 37.6 Å². The summed E-state index contributed by atoms with van der Waals surface area (Å²) in [6.45, 7) is 0.389. The van der Waals surface area contributed by atoms with Gasteiger partial charge in [0.15, 0.2) is 0 Å². The van der Waals surface area contributed by atoms with Crippen molar-refractivity contribution in [2.75, 3.05) is 24.3 Å². The second kappa shape index (κ2) is 16.6. The molecule has 0 saturated carbocycles. The van der Waals surface area contributed by atoms with E-state index in [1.165, 1.54) is 11.8 Å². The van der Waals surface area contributed by atoms with Crippen molar-refractivity contribution in [2.24, 2.45) is 11.5 Å². The Morgan fingerprint density at radius 1 is 0.906 bits per heavy atom. The minimum atomic E-state index is -1.48. The van der Waals surface area contributed by atoms with E-state index in [4.69, 9.17) is 16.6 Å². The van der Waals surface area contributed by atoms with Crippen molar-refractivity contribution in [1.29, 1.82) is 0 Å². The molecule has 0 aliphatic heterocycles. The zero-order valence-corrected chi connectivity index (χ0v) is 19.6. The first-order chi connectivity index (χ1) is 15.1. The van der Waals surface area contributed by atoms with Gasteiger partial charge in [0.1, 0.15) is 18.1 Å². The van der Waals surface area contributed by atoms with Gasteiger partial charge in [0.25, 0.3) is 0 Å². The first-order valence-corrected chi connectivity index (χ1v) is 12.0. The van der Waals surface area contributed by atoms with Crippen LogP contribution in [-0.4, -0.2) is 88.3 Å². The summed E-state index contributed by atoms with van der Waals surface area (Å²) in [4.78, 5) is 60.0. The lowest BCUT2D eigenvalue weighted by molar-refractivity contribution is -0.143. The summed E-state index contributed by atoms with van der Waals surface area (Å²) < 4.78 is 0. The summed E-state index contributed by atoms with van der Waals surface area (Å²) in [7, 11) is 0. The number of carbonyl (C=O) groups is 5. The lowest BCUT2D eigenvalue weighted by atomic mass is 10.1. The standard InChI is InChI=1S/C18H33N5O7S2/c1-32-7-5-11(16(27)22-12(18(29)30)4-2-3-6-19)21-17(28)13(8-14(24)25)23-15(26)10(20)9-31/h10-13,31H,2-9,19-20H2,1H3,(H,21,28)(H,22,27)(H,23,26)(H,24,25)(H,29,30). The molecule has 0 aromatic heterocycles. The molecule has 0 aliphatic carbocycles. The van der Waals surface area contributed by atoms with Gasteiger partial charge in [-0.15, -0.1) is 0 Å². The van der Waals surface area contributed by atoms with Crippen LogP contribution >= 0.6 is 24.4 Å². The fourth-order valence-corrected chi connectivity index (χ4v) is 3.18. The normalized spacial score (nSPS) is 14.5. The van der Waals surface area contributed by atoms with Gasteiger partial charge in [-0.2, -0.15) is 24.4 Å². The predicted molar refractivity (Wildman–Crippen MR) is 123 cm³/mol. The van der Waals surface area contributed by atoms with Gasteiger partial charge in [-0.3, -0.25) is 19.2 Å². The molecule has 4 atom stereocenters. The van der Waals surface area contributed by atoms with Crippen molar-refractivity contribution in [3.63, 3.8) is 0 Å². The Kier molecular flexibility index (Phi) is 15.5. The highest BCUT2D eigenvalue weighted by atomic mass is 32.2. The zero-order chi connectivity index (χ0) is 24.7. The van der Waals surface area contributed by atoms with Crippen molar-refractivity contribution in [3.8, 4) is 0 Å². The quantitative estimate of drug-likeness (QED) is 0.0831. The topological polar surface area (TPSA) is 214 Å². The van der Waals surface area contributed by atoms with Gasteiger partial charge in [0, 0.05) is 5.75 Å². The zero-order valence-electron chi connectivity index (χ0n) is 17.9. The Balaban J connectivity index is 5.37. The minimum Gasteiger partial charge on any atom is -0.481 e. The number of nitrogens with two attached hydrogens (primary N) is 2. The maximum absolute atomic E-state index is 12.7. The molecule has 14 heteroatoms. The van der Waals surface area contributed by atoms with Crippen LogP contribution in [0.2, 0.25) is 0 Å². The maximum atomic E-state index is 12.7. The third kappa shape index (κ3) is 12.1. The summed E-state index contributed by atoms with van der Waals surface area (Å²) in [5.41, 5.74) is 11.0. The van der Waals surface area contributed by atoms with Crippen LogP contribution in [0, 0.1) is 0 Å². The van der Waals surface area contributed by atoms with Crippen LogP contribution in [0.5, 0.6) is 0 Å². The molecule has 3 amide bonds. The van der Waals surface area contributed by atoms with Crippen LogP contribution in [0.25, 0.3) is 0 Å². The number of rotatable bonds is 17. The van der Waals surface area contributed by atoms with E-state index in [1.54, 1.807) is 6.26 Å². The molecule has 0 aliphatic rings. The lowest BCUT2D eigenvalue weighted by Crippen LogP contribution is -2.57. The Labute approximate surface area is 196 Å². The molecule has 0 spiro atoms.